The number of thiophene rings is 1. The summed E-state index contributed by atoms with van der Waals surface area (Å²) in [5, 5.41) is 2.67. The molecule has 2 aromatic rings. The van der Waals surface area contributed by atoms with E-state index in [2.05, 4.69) is 27.0 Å². The molecule has 0 aliphatic rings. The minimum absolute atomic E-state index is 0.545. The van der Waals surface area contributed by atoms with E-state index in [1.807, 2.05) is 11.4 Å². The van der Waals surface area contributed by atoms with Crippen LogP contribution >= 0.6 is 38.9 Å². The Labute approximate surface area is 105 Å². The van der Waals surface area contributed by atoms with Crippen molar-refractivity contribution in [2.45, 2.75) is 6.42 Å². The second-order valence-corrected chi connectivity index (χ2v) is 5.45. The van der Waals surface area contributed by atoms with Gasteiger partial charge in [-0.3, -0.25) is 0 Å². The number of halogens is 2. The molecule has 2 N–H and O–H groups in total. The maximum absolute atomic E-state index is 5.86. The first-order chi connectivity index (χ1) is 7.15. The number of anilines is 1. The van der Waals surface area contributed by atoms with Crippen molar-refractivity contribution in [3.05, 3.63) is 43.6 Å². The predicted octanol–water partition coefficient (Wildman–Crippen LogP) is 3.73. The fourth-order valence-electron chi connectivity index (χ4n) is 1.27. The van der Waals surface area contributed by atoms with Gasteiger partial charge in [0.05, 0.1) is 5.02 Å². The van der Waals surface area contributed by atoms with Gasteiger partial charge in [0.1, 0.15) is 5.82 Å². The third-order valence-electron chi connectivity index (χ3n) is 1.95. The first kappa shape index (κ1) is 10.9. The van der Waals surface area contributed by atoms with Gasteiger partial charge in [0, 0.05) is 32.9 Å². The van der Waals surface area contributed by atoms with E-state index >= 15 is 0 Å². The highest BCUT2D eigenvalue weighted by atomic mass is 79.9. The lowest BCUT2D eigenvalue weighted by molar-refractivity contribution is 1.18. The molecule has 5 heteroatoms. The van der Waals surface area contributed by atoms with Crippen molar-refractivity contribution in [2.75, 3.05) is 5.73 Å². The van der Waals surface area contributed by atoms with E-state index in [1.165, 1.54) is 4.88 Å². The van der Waals surface area contributed by atoms with Crippen LogP contribution in [0, 0.1) is 0 Å². The molecule has 0 unspecified atom stereocenters. The van der Waals surface area contributed by atoms with Crippen molar-refractivity contribution < 1.29 is 0 Å². The molecule has 0 fully saturated rings. The number of nitrogens with two attached hydrogens (primary N) is 1. The second-order valence-electron chi connectivity index (χ2n) is 3.11. The molecule has 15 heavy (non-hydrogen) atoms. The number of rotatable bonds is 2. The molecular weight excluding hydrogens is 296 g/mol. The van der Waals surface area contributed by atoms with E-state index in [1.54, 1.807) is 17.5 Å². The topological polar surface area (TPSA) is 38.9 Å². The summed E-state index contributed by atoms with van der Waals surface area (Å²) in [5.41, 5.74) is 6.74. The molecule has 0 saturated carbocycles. The Morgan fingerprint density at radius 2 is 2.27 bits per heavy atom. The summed E-state index contributed by atoms with van der Waals surface area (Å²) in [6.07, 6.45) is 2.33. The average molecular weight is 304 g/mol. The summed E-state index contributed by atoms with van der Waals surface area (Å²) in [4.78, 5) is 5.25. The Morgan fingerprint density at radius 1 is 1.47 bits per heavy atom. The van der Waals surface area contributed by atoms with Gasteiger partial charge in [-0.2, -0.15) is 0 Å². The van der Waals surface area contributed by atoms with E-state index in [0.29, 0.717) is 10.8 Å². The Kier molecular flexibility index (Phi) is 3.29. The van der Waals surface area contributed by atoms with E-state index in [0.717, 1.165) is 16.5 Å². The predicted molar refractivity (Wildman–Crippen MR) is 68.5 cm³/mol. The van der Waals surface area contributed by atoms with Crippen LogP contribution < -0.4 is 5.73 Å². The van der Waals surface area contributed by atoms with Crippen LogP contribution in [0.25, 0.3) is 0 Å². The third-order valence-corrected chi connectivity index (χ3v) is 3.86. The molecule has 2 rings (SSSR count). The minimum atomic E-state index is 0.545. The van der Waals surface area contributed by atoms with Crippen LogP contribution in [-0.4, -0.2) is 4.98 Å². The molecule has 2 nitrogen and oxygen atoms in total. The van der Waals surface area contributed by atoms with Gasteiger partial charge in [-0.15, -0.1) is 11.3 Å². The molecule has 0 spiro atoms. The van der Waals surface area contributed by atoms with Gasteiger partial charge in [0.25, 0.3) is 0 Å². The first-order valence-electron chi connectivity index (χ1n) is 4.28. The van der Waals surface area contributed by atoms with Crippen molar-refractivity contribution in [2.24, 2.45) is 0 Å². The summed E-state index contributed by atoms with van der Waals surface area (Å²) >= 11 is 11.0. The summed E-state index contributed by atoms with van der Waals surface area (Å²) in [5.74, 6) is 0.545. The smallest absolute Gasteiger partial charge is 0.126 e. The maximum Gasteiger partial charge on any atom is 0.126 e. The number of aromatic nitrogens is 1. The van der Waals surface area contributed by atoms with Crippen molar-refractivity contribution in [1.29, 1.82) is 0 Å². The van der Waals surface area contributed by atoms with Gasteiger partial charge < -0.3 is 5.73 Å². The van der Waals surface area contributed by atoms with Gasteiger partial charge in [0.15, 0.2) is 0 Å². The van der Waals surface area contributed by atoms with Crippen molar-refractivity contribution >= 4 is 44.7 Å². The Morgan fingerprint density at radius 3 is 2.93 bits per heavy atom. The van der Waals surface area contributed by atoms with Gasteiger partial charge in [-0.1, -0.05) is 11.6 Å². The van der Waals surface area contributed by atoms with Crippen LogP contribution in [0.3, 0.4) is 0 Å². The van der Waals surface area contributed by atoms with Crippen LogP contribution in [0.15, 0.2) is 28.2 Å². The average Bonchev–Trinajstić information content (AvgIpc) is 2.58. The molecule has 0 radical (unpaired) electrons. The zero-order chi connectivity index (χ0) is 10.8. The van der Waals surface area contributed by atoms with Crippen LogP contribution in [-0.2, 0) is 6.42 Å². The van der Waals surface area contributed by atoms with Crippen LogP contribution in [0.5, 0.6) is 0 Å². The first-order valence-corrected chi connectivity index (χ1v) is 6.33. The molecule has 0 saturated heterocycles. The number of nitrogen functional groups attached to an aromatic ring is 1. The lowest BCUT2D eigenvalue weighted by Crippen LogP contribution is -1.97. The largest absolute Gasteiger partial charge is 0.383 e. The Balaban J connectivity index is 2.27. The van der Waals surface area contributed by atoms with Gasteiger partial charge in [-0.05, 0) is 28.1 Å². The fourth-order valence-corrected chi connectivity index (χ4v) is 2.92. The molecule has 0 atom stereocenters. The van der Waals surface area contributed by atoms with E-state index in [4.69, 9.17) is 17.3 Å². The molecule has 0 amide bonds. The zero-order valence-electron chi connectivity index (χ0n) is 7.71. The Bertz CT molecular complexity index is 484. The summed E-state index contributed by atoms with van der Waals surface area (Å²) in [6, 6.07) is 3.93. The van der Waals surface area contributed by atoms with E-state index in [9.17, 15) is 0 Å². The van der Waals surface area contributed by atoms with Crippen molar-refractivity contribution in [3.63, 3.8) is 0 Å². The SMILES string of the molecule is Nc1ncc(Cl)cc1Cc1cc(Br)cs1. The molecule has 0 bridgehead atoms. The van der Waals surface area contributed by atoms with Crippen LogP contribution in [0.1, 0.15) is 10.4 Å². The fraction of sp³-hybridized carbons (Fsp3) is 0.100. The molecule has 2 aromatic heterocycles. The zero-order valence-corrected chi connectivity index (χ0v) is 10.9. The lowest BCUT2D eigenvalue weighted by atomic mass is 10.1. The minimum Gasteiger partial charge on any atom is -0.383 e. The normalized spacial score (nSPS) is 10.5. The standard InChI is InChI=1S/C10H8BrClN2S/c11-7-3-9(15-5-7)2-6-1-8(12)4-14-10(6)13/h1,3-5H,2H2,(H2,13,14). The van der Waals surface area contributed by atoms with E-state index < -0.39 is 0 Å². The molecule has 0 aliphatic heterocycles. The van der Waals surface area contributed by atoms with Crippen LogP contribution in [0.2, 0.25) is 5.02 Å². The third kappa shape index (κ3) is 2.71. The number of nitrogens with zero attached hydrogens (tertiary/aromatic N) is 1. The highest BCUT2D eigenvalue weighted by molar-refractivity contribution is 9.10. The second kappa shape index (κ2) is 4.51. The number of hydrogen-bond acceptors (Lipinski definition) is 3. The highest BCUT2D eigenvalue weighted by Crippen LogP contribution is 2.25. The molecular formula is C10H8BrClN2S. The highest BCUT2D eigenvalue weighted by Gasteiger charge is 2.05. The molecule has 0 aromatic carbocycles. The number of hydrogen-bond donors (Lipinski definition) is 1. The van der Waals surface area contributed by atoms with E-state index in [-0.39, 0.29) is 0 Å². The summed E-state index contributed by atoms with van der Waals surface area (Å²) < 4.78 is 1.09. The summed E-state index contributed by atoms with van der Waals surface area (Å²) in [6.45, 7) is 0. The van der Waals surface area contributed by atoms with Gasteiger partial charge in [0.2, 0.25) is 0 Å². The quantitative estimate of drug-likeness (QED) is 0.918. The molecule has 2 heterocycles. The van der Waals surface area contributed by atoms with Crippen molar-refractivity contribution in [3.8, 4) is 0 Å². The monoisotopic (exact) mass is 302 g/mol. The van der Waals surface area contributed by atoms with Gasteiger partial charge >= 0.3 is 0 Å². The van der Waals surface area contributed by atoms with Crippen LogP contribution in [0.4, 0.5) is 5.82 Å². The lowest BCUT2D eigenvalue weighted by Gasteiger charge is -2.03. The molecule has 78 valence electrons. The van der Waals surface area contributed by atoms with Gasteiger partial charge in [-0.25, -0.2) is 4.98 Å². The number of pyridine rings is 1. The Hall–Kier alpha value is -0.580. The summed E-state index contributed by atoms with van der Waals surface area (Å²) in [7, 11) is 0. The molecule has 0 aliphatic carbocycles. The van der Waals surface area contributed by atoms with Crippen molar-refractivity contribution in [1.82, 2.24) is 4.98 Å². The maximum atomic E-state index is 5.86.